The van der Waals surface area contributed by atoms with Gasteiger partial charge in [0.15, 0.2) is 5.11 Å². The summed E-state index contributed by atoms with van der Waals surface area (Å²) in [7, 11) is 1.48. The molecule has 0 saturated carbocycles. The summed E-state index contributed by atoms with van der Waals surface area (Å²) < 4.78 is 11.1. The van der Waals surface area contributed by atoms with E-state index < -0.39 is 0 Å². The lowest BCUT2D eigenvalue weighted by molar-refractivity contribution is 0.0975. The van der Waals surface area contributed by atoms with Crippen LogP contribution in [-0.2, 0) is 0 Å². The van der Waals surface area contributed by atoms with Crippen LogP contribution in [-0.4, -0.2) is 30.6 Å². The van der Waals surface area contributed by atoms with Crippen molar-refractivity contribution in [3.05, 3.63) is 82.9 Å². The van der Waals surface area contributed by atoms with E-state index in [2.05, 4.69) is 29.8 Å². The molecule has 0 atom stereocenters. The molecule has 0 spiro atoms. The number of ether oxygens (including phenoxy) is 2. The number of thiocarbonyl (C=S) groups is 1. The maximum atomic E-state index is 12.6. The lowest BCUT2D eigenvalue weighted by atomic mass is 10.2. The van der Waals surface area contributed by atoms with Gasteiger partial charge in [-0.2, -0.15) is 0 Å². The summed E-state index contributed by atoms with van der Waals surface area (Å²) in [6, 6.07) is 18.7. The minimum Gasteiger partial charge on any atom is -0.494 e. The van der Waals surface area contributed by atoms with Crippen LogP contribution in [0.4, 0.5) is 11.4 Å². The smallest absolute Gasteiger partial charge is 0.257 e. The summed E-state index contributed by atoms with van der Waals surface area (Å²) in [6.45, 7) is 4.66. The van der Waals surface area contributed by atoms with Crippen LogP contribution in [0.15, 0.2) is 66.7 Å². The first-order valence-electron chi connectivity index (χ1n) is 10.9. The molecule has 35 heavy (non-hydrogen) atoms. The molecule has 2 amide bonds. The molecule has 3 aromatic rings. The Balaban J connectivity index is 1.63. The number of anilines is 2. The van der Waals surface area contributed by atoms with E-state index in [1.807, 2.05) is 0 Å². The van der Waals surface area contributed by atoms with Gasteiger partial charge in [-0.1, -0.05) is 43.6 Å². The van der Waals surface area contributed by atoms with Crippen LogP contribution >= 0.6 is 23.8 Å². The highest BCUT2D eigenvalue weighted by molar-refractivity contribution is 7.80. The van der Waals surface area contributed by atoms with Gasteiger partial charge >= 0.3 is 0 Å². The zero-order valence-electron chi connectivity index (χ0n) is 19.6. The van der Waals surface area contributed by atoms with E-state index in [4.69, 9.17) is 33.3 Å². The van der Waals surface area contributed by atoms with E-state index in [1.54, 1.807) is 66.7 Å². The molecule has 3 N–H and O–H groups in total. The van der Waals surface area contributed by atoms with Crippen molar-refractivity contribution in [1.82, 2.24) is 5.32 Å². The van der Waals surface area contributed by atoms with Crippen molar-refractivity contribution in [2.75, 3.05) is 24.4 Å². The maximum Gasteiger partial charge on any atom is 0.257 e. The Hall–Kier alpha value is -3.62. The molecule has 0 aliphatic carbocycles. The molecule has 0 fully saturated rings. The third kappa shape index (κ3) is 7.43. The summed E-state index contributed by atoms with van der Waals surface area (Å²) >= 11 is 11.4. The number of rotatable bonds is 8. The van der Waals surface area contributed by atoms with Gasteiger partial charge in [-0.15, -0.1) is 0 Å². The van der Waals surface area contributed by atoms with Crippen LogP contribution in [0.2, 0.25) is 5.02 Å². The summed E-state index contributed by atoms with van der Waals surface area (Å²) in [4.78, 5) is 25.2. The van der Waals surface area contributed by atoms with Crippen LogP contribution in [0.1, 0.15) is 34.6 Å². The molecule has 0 saturated heterocycles. The second kappa shape index (κ2) is 12.2. The predicted molar refractivity (Wildman–Crippen MR) is 143 cm³/mol. The van der Waals surface area contributed by atoms with E-state index in [9.17, 15) is 9.59 Å². The summed E-state index contributed by atoms with van der Waals surface area (Å²) in [6.07, 6.45) is 0. The first-order valence-corrected chi connectivity index (χ1v) is 11.6. The highest BCUT2D eigenvalue weighted by atomic mass is 35.5. The standard InChI is InChI=1S/C26H26ClN3O4S/c1-16(2)15-34-19-8-6-7-17(13-19)24(31)30-26(35)28-18-11-12-22(23(14-18)33-3)29-25(32)20-9-4-5-10-21(20)27/h4-14,16H,15H2,1-3H3,(H,29,32)(H2,28,30,31,35). The maximum absolute atomic E-state index is 12.6. The minimum atomic E-state index is -0.368. The predicted octanol–water partition coefficient (Wildman–Crippen LogP) is 5.76. The number of hydrogen-bond donors (Lipinski definition) is 3. The fourth-order valence-corrected chi connectivity index (χ4v) is 3.47. The third-order valence-corrected chi connectivity index (χ3v) is 5.27. The number of benzene rings is 3. The number of nitrogens with one attached hydrogen (secondary N) is 3. The number of carbonyl (C=O) groups is 2. The van der Waals surface area contributed by atoms with Gasteiger partial charge in [0.1, 0.15) is 11.5 Å². The van der Waals surface area contributed by atoms with E-state index >= 15 is 0 Å². The number of carbonyl (C=O) groups excluding carboxylic acids is 2. The van der Waals surface area contributed by atoms with Gasteiger partial charge in [0.05, 0.1) is 30.0 Å². The topological polar surface area (TPSA) is 88.7 Å². The lowest BCUT2D eigenvalue weighted by Crippen LogP contribution is -2.34. The molecule has 3 rings (SSSR count). The van der Waals surface area contributed by atoms with Crippen molar-refractivity contribution in [1.29, 1.82) is 0 Å². The van der Waals surface area contributed by atoms with E-state index in [0.717, 1.165) is 0 Å². The zero-order chi connectivity index (χ0) is 25.4. The van der Waals surface area contributed by atoms with Crippen LogP contribution in [0, 0.1) is 5.92 Å². The molecule has 3 aromatic carbocycles. The Labute approximate surface area is 214 Å². The van der Waals surface area contributed by atoms with E-state index in [0.29, 0.717) is 51.5 Å². The lowest BCUT2D eigenvalue weighted by Gasteiger charge is -2.14. The second-order valence-corrected chi connectivity index (χ2v) is 8.81. The number of halogens is 1. The number of hydrogen-bond acceptors (Lipinski definition) is 5. The molecule has 0 aliphatic heterocycles. The monoisotopic (exact) mass is 511 g/mol. The molecule has 9 heteroatoms. The van der Waals surface area contributed by atoms with Crippen molar-refractivity contribution in [2.45, 2.75) is 13.8 Å². The molecule has 7 nitrogen and oxygen atoms in total. The Morgan fingerprint density at radius 2 is 1.74 bits per heavy atom. The summed E-state index contributed by atoms with van der Waals surface area (Å²) in [5, 5.41) is 8.84. The van der Waals surface area contributed by atoms with Gasteiger partial charge in [-0.05, 0) is 60.6 Å². The molecule has 0 aromatic heterocycles. The average molecular weight is 512 g/mol. The second-order valence-electron chi connectivity index (χ2n) is 7.99. The van der Waals surface area contributed by atoms with Crippen LogP contribution in [0.5, 0.6) is 11.5 Å². The first kappa shape index (κ1) is 26.0. The van der Waals surface area contributed by atoms with Crippen molar-refractivity contribution in [2.24, 2.45) is 5.92 Å². The van der Waals surface area contributed by atoms with Gasteiger partial charge < -0.3 is 20.1 Å². The Kier molecular flexibility index (Phi) is 9.05. The van der Waals surface area contributed by atoms with Gasteiger partial charge in [0, 0.05) is 17.3 Å². The Bertz CT molecular complexity index is 1230. The molecular formula is C26H26ClN3O4S. The summed E-state index contributed by atoms with van der Waals surface area (Å²) in [5.74, 6) is 0.658. The third-order valence-electron chi connectivity index (χ3n) is 4.73. The highest BCUT2D eigenvalue weighted by Gasteiger charge is 2.14. The fraction of sp³-hybridized carbons (Fsp3) is 0.192. The summed E-state index contributed by atoms with van der Waals surface area (Å²) in [5.41, 5.74) is 1.79. The van der Waals surface area contributed by atoms with Crippen molar-refractivity contribution in [3.63, 3.8) is 0 Å². The quantitative estimate of drug-likeness (QED) is 0.333. The zero-order valence-corrected chi connectivity index (χ0v) is 21.1. The average Bonchev–Trinajstić information content (AvgIpc) is 2.84. The van der Waals surface area contributed by atoms with Crippen molar-refractivity contribution in [3.8, 4) is 11.5 Å². The van der Waals surface area contributed by atoms with E-state index in [1.165, 1.54) is 7.11 Å². The van der Waals surface area contributed by atoms with Crippen LogP contribution in [0.25, 0.3) is 0 Å². The Morgan fingerprint density at radius 3 is 2.46 bits per heavy atom. The van der Waals surface area contributed by atoms with Gasteiger partial charge in [-0.3, -0.25) is 14.9 Å². The molecule has 0 radical (unpaired) electrons. The SMILES string of the molecule is COc1cc(NC(=S)NC(=O)c2cccc(OCC(C)C)c2)ccc1NC(=O)c1ccccc1Cl. The molecule has 0 heterocycles. The Morgan fingerprint density at radius 1 is 0.971 bits per heavy atom. The largest absolute Gasteiger partial charge is 0.494 e. The first-order chi connectivity index (χ1) is 16.8. The van der Waals surface area contributed by atoms with Crippen LogP contribution < -0.4 is 25.4 Å². The molecule has 0 bridgehead atoms. The highest BCUT2D eigenvalue weighted by Crippen LogP contribution is 2.29. The van der Waals surface area contributed by atoms with Crippen LogP contribution in [0.3, 0.4) is 0 Å². The van der Waals surface area contributed by atoms with Gasteiger partial charge in [0.25, 0.3) is 11.8 Å². The van der Waals surface area contributed by atoms with E-state index in [-0.39, 0.29) is 16.9 Å². The van der Waals surface area contributed by atoms with Gasteiger partial charge in [-0.25, -0.2) is 0 Å². The van der Waals surface area contributed by atoms with Crippen molar-refractivity contribution >= 4 is 52.1 Å². The normalized spacial score (nSPS) is 10.4. The molecule has 182 valence electrons. The van der Waals surface area contributed by atoms with Crippen molar-refractivity contribution < 1.29 is 19.1 Å². The van der Waals surface area contributed by atoms with Gasteiger partial charge in [0.2, 0.25) is 0 Å². The minimum absolute atomic E-state index is 0.110. The molecular weight excluding hydrogens is 486 g/mol. The number of methoxy groups -OCH3 is 1. The fourth-order valence-electron chi connectivity index (χ4n) is 3.03. The molecule has 0 unspecified atom stereocenters. The number of amides is 2. The molecule has 0 aliphatic rings.